The van der Waals surface area contributed by atoms with Gasteiger partial charge in [-0.25, -0.2) is 8.42 Å². The van der Waals surface area contributed by atoms with E-state index < -0.39 is 10.0 Å². The molecule has 3 aromatic rings. The van der Waals surface area contributed by atoms with Crippen LogP contribution in [0.4, 0.5) is 5.69 Å². The zero-order valence-corrected chi connectivity index (χ0v) is 18.3. The van der Waals surface area contributed by atoms with Gasteiger partial charge in [0.25, 0.3) is 10.0 Å². The number of nitrogens with zero attached hydrogens (tertiary/aromatic N) is 1. The highest BCUT2D eigenvalue weighted by Crippen LogP contribution is 2.30. The van der Waals surface area contributed by atoms with Crippen molar-refractivity contribution < 1.29 is 13.2 Å². The third-order valence-corrected chi connectivity index (χ3v) is 7.40. The number of fused-ring (bicyclic) bond motifs is 1. The Morgan fingerprint density at radius 1 is 1.00 bits per heavy atom. The van der Waals surface area contributed by atoms with E-state index in [4.69, 9.17) is 0 Å². The minimum absolute atomic E-state index is 0.101. The lowest BCUT2D eigenvalue weighted by molar-refractivity contribution is -0.120. The van der Waals surface area contributed by atoms with Crippen LogP contribution in [0.3, 0.4) is 0 Å². The molecule has 0 bridgehead atoms. The summed E-state index contributed by atoms with van der Waals surface area (Å²) >= 11 is 0. The predicted octanol–water partition coefficient (Wildman–Crippen LogP) is 4.38. The quantitative estimate of drug-likeness (QED) is 0.626. The number of hydrogen-bond donors (Lipinski definition) is 1. The summed E-state index contributed by atoms with van der Waals surface area (Å²) in [6.45, 7) is 1.62. The Labute approximate surface area is 183 Å². The zero-order chi connectivity index (χ0) is 21.8. The van der Waals surface area contributed by atoms with Crippen molar-refractivity contribution >= 4 is 21.6 Å². The van der Waals surface area contributed by atoms with Crippen molar-refractivity contribution in [2.24, 2.45) is 0 Å². The molecule has 6 heteroatoms. The smallest absolute Gasteiger partial charge is 0.264 e. The number of rotatable bonds is 6. The van der Waals surface area contributed by atoms with Crippen molar-refractivity contribution in [2.75, 3.05) is 10.8 Å². The third kappa shape index (κ3) is 4.64. The summed E-state index contributed by atoms with van der Waals surface area (Å²) in [5.74, 6) is -0.317. The summed E-state index contributed by atoms with van der Waals surface area (Å²) in [6.07, 6.45) is 2.84. The summed E-state index contributed by atoms with van der Waals surface area (Å²) in [5, 5.41) is 3.07. The van der Waals surface area contributed by atoms with Crippen LogP contribution in [-0.2, 0) is 21.2 Å². The van der Waals surface area contributed by atoms with Gasteiger partial charge >= 0.3 is 0 Å². The fraction of sp³-hybridized carbons (Fsp3) is 0.240. The molecule has 0 spiro atoms. The standard InChI is InChI=1S/C25H26N2O3S/c1-19-9-7-12-21(17-19)27(31(29,30)22-13-3-2-4-14-22)18-25(28)26-24-16-8-11-20-10-5-6-15-23(20)24/h2-7,9-10,12-15,17,24H,8,11,16,18H2,1H3,(H,26,28). The Hall–Kier alpha value is -3.12. The van der Waals surface area contributed by atoms with E-state index in [1.165, 1.54) is 9.87 Å². The molecule has 0 aliphatic heterocycles. The maximum atomic E-state index is 13.4. The number of carbonyl (C=O) groups excluding carboxylic acids is 1. The van der Waals surface area contributed by atoms with E-state index in [0.29, 0.717) is 5.69 Å². The molecule has 1 aliphatic rings. The number of amides is 1. The fourth-order valence-electron chi connectivity index (χ4n) is 4.09. The molecule has 160 valence electrons. The second-order valence-corrected chi connectivity index (χ2v) is 9.74. The topological polar surface area (TPSA) is 66.5 Å². The van der Waals surface area contributed by atoms with E-state index in [1.54, 1.807) is 48.5 Å². The van der Waals surface area contributed by atoms with Crippen LogP contribution in [0.1, 0.15) is 35.6 Å². The third-order valence-electron chi connectivity index (χ3n) is 5.61. The van der Waals surface area contributed by atoms with Crippen molar-refractivity contribution in [3.8, 4) is 0 Å². The minimum Gasteiger partial charge on any atom is -0.348 e. The first kappa shape index (κ1) is 21.1. The zero-order valence-electron chi connectivity index (χ0n) is 17.5. The average molecular weight is 435 g/mol. The Bertz CT molecular complexity index is 1180. The molecule has 0 saturated heterocycles. The fourth-order valence-corrected chi connectivity index (χ4v) is 5.53. The first-order valence-electron chi connectivity index (χ1n) is 10.5. The largest absolute Gasteiger partial charge is 0.348 e. The Morgan fingerprint density at radius 3 is 2.52 bits per heavy atom. The van der Waals surface area contributed by atoms with Crippen LogP contribution >= 0.6 is 0 Å². The molecule has 1 atom stereocenters. The lowest BCUT2D eigenvalue weighted by Gasteiger charge is -2.29. The summed E-state index contributed by atoms with van der Waals surface area (Å²) in [7, 11) is -3.89. The van der Waals surface area contributed by atoms with Crippen LogP contribution in [-0.4, -0.2) is 20.9 Å². The molecule has 0 saturated carbocycles. The Morgan fingerprint density at radius 2 is 1.74 bits per heavy atom. The van der Waals surface area contributed by atoms with E-state index in [2.05, 4.69) is 11.4 Å². The van der Waals surface area contributed by atoms with Crippen LogP contribution in [0.15, 0.2) is 83.8 Å². The van der Waals surface area contributed by atoms with E-state index >= 15 is 0 Å². The minimum atomic E-state index is -3.89. The van der Waals surface area contributed by atoms with Gasteiger partial charge in [-0.05, 0) is 67.1 Å². The van der Waals surface area contributed by atoms with Crippen molar-refractivity contribution in [3.05, 3.63) is 95.6 Å². The van der Waals surface area contributed by atoms with Crippen LogP contribution in [0.2, 0.25) is 0 Å². The van der Waals surface area contributed by atoms with Gasteiger partial charge in [0.1, 0.15) is 6.54 Å². The van der Waals surface area contributed by atoms with Gasteiger partial charge < -0.3 is 5.32 Å². The molecular formula is C25H26N2O3S. The Kier molecular flexibility index (Phi) is 6.09. The molecule has 0 aromatic heterocycles. The molecule has 0 heterocycles. The molecule has 31 heavy (non-hydrogen) atoms. The van der Waals surface area contributed by atoms with Gasteiger partial charge in [-0.1, -0.05) is 54.6 Å². The molecule has 4 rings (SSSR count). The van der Waals surface area contributed by atoms with Gasteiger partial charge in [0, 0.05) is 0 Å². The van der Waals surface area contributed by atoms with Crippen molar-refractivity contribution in [1.29, 1.82) is 0 Å². The molecule has 0 radical (unpaired) electrons. The molecule has 3 aromatic carbocycles. The summed E-state index contributed by atoms with van der Waals surface area (Å²) in [4.78, 5) is 13.2. The normalized spacial score (nSPS) is 15.7. The lowest BCUT2D eigenvalue weighted by atomic mass is 9.88. The summed E-state index contributed by atoms with van der Waals surface area (Å²) < 4.78 is 28.0. The highest BCUT2D eigenvalue weighted by Gasteiger charge is 2.29. The predicted molar refractivity (Wildman–Crippen MR) is 122 cm³/mol. The number of aryl methyl sites for hydroxylation is 2. The van der Waals surface area contributed by atoms with E-state index in [1.807, 2.05) is 31.2 Å². The summed E-state index contributed by atoms with van der Waals surface area (Å²) in [6, 6.07) is 23.4. The molecule has 1 N–H and O–H groups in total. The number of benzene rings is 3. The first-order valence-corrected chi connectivity index (χ1v) is 11.9. The number of sulfonamides is 1. The van der Waals surface area contributed by atoms with Gasteiger partial charge in [-0.3, -0.25) is 9.10 Å². The highest BCUT2D eigenvalue weighted by atomic mass is 32.2. The second-order valence-electron chi connectivity index (χ2n) is 7.87. The van der Waals surface area contributed by atoms with Gasteiger partial charge in [0.05, 0.1) is 16.6 Å². The molecule has 1 amide bonds. The lowest BCUT2D eigenvalue weighted by Crippen LogP contribution is -2.42. The number of nitrogens with one attached hydrogen (secondary N) is 1. The van der Waals surface area contributed by atoms with Crippen molar-refractivity contribution in [1.82, 2.24) is 5.32 Å². The maximum Gasteiger partial charge on any atom is 0.264 e. The molecule has 1 unspecified atom stereocenters. The van der Waals surface area contributed by atoms with Gasteiger partial charge in [-0.2, -0.15) is 0 Å². The molecular weight excluding hydrogens is 408 g/mol. The average Bonchev–Trinajstić information content (AvgIpc) is 2.78. The number of hydrogen-bond acceptors (Lipinski definition) is 3. The number of anilines is 1. The SMILES string of the molecule is Cc1cccc(N(CC(=O)NC2CCCc3ccccc32)S(=O)(=O)c2ccccc2)c1. The molecule has 5 nitrogen and oxygen atoms in total. The monoisotopic (exact) mass is 434 g/mol. The van der Waals surface area contributed by atoms with E-state index in [-0.39, 0.29) is 23.4 Å². The molecule has 0 fully saturated rings. The van der Waals surface area contributed by atoms with Crippen LogP contribution in [0, 0.1) is 6.92 Å². The maximum absolute atomic E-state index is 13.4. The number of carbonyl (C=O) groups is 1. The van der Waals surface area contributed by atoms with Crippen LogP contribution in [0.25, 0.3) is 0 Å². The van der Waals surface area contributed by atoms with E-state index in [9.17, 15) is 13.2 Å². The van der Waals surface area contributed by atoms with Crippen molar-refractivity contribution in [3.63, 3.8) is 0 Å². The first-order chi connectivity index (χ1) is 14.9. The van der Waals surface area contributed by atoms with Gasteiger partial charge in [0.2, 0.25) is 5.91 Å². The van der Waals surface area contributed by atoms with Gasteiger partial charge in [-0.15, -0.1) is 0 Å². The van der Waals surface area contributed by atoms with Crippen molar-refractivity contribution in [2.45, 2.75) is 37.1 Å². The summed E-state index contributed by atoms with van der Waals surface area (Å²) in [5.41, 5.74) is 3.76. The van der Waals surface area contributed by atoms with Crippen LogP contribution in [0.5, 0.6) is 0 Å². The molecule has 1 aliphatic carbocycles. The van der Waals surface area contributed by atoms with Crippen LogP contribution < -0.4 is 9.62 Å². The highest BCUT2D eigenvalue weighted by molar-refractivity contribution is 7.92. The second kappa shape index (κ2) is 8.94. The Balaban J connectivity index is 1.62. The van der Waals surface area contributed by atoms with E-state index in [0.717, 1.165) is 30.4 Å². The van der Waals surface area contributed by atoms with Gasteiger partial charge in [0.15, 0.2) is 0 Å².